The van der Waals surface area contributed by atoms with Crippen molar-refractivity contribution >= 4 is 15.9 Å². The van der Waals surface area contributed by atoms with Gasteiger partial charge in [0.15, 0.2) is 0 Å². The van der Waals surface area contributed by atoms with Crippen LogP contribution < -0.4 is 5.73 Å². The van der Waals surface area contributed by atoms with E-state index in [0.29, 0.717) is 6.54 Å². The summed E-state index contributed by atoms with van der Waals surface area (Å²) in [5.74, 6) is 0.0474. The standard InChI is InChI=1S/C16H24BrNO/c1-2-16(9-3-4-10-16)15(19)14(11-18)12-5-7-13(17)8-6-12/h5-8,14-15,19H,2-4,9-11,18H2,1H3. The number of hydrogen-bond acceptors (Lipinski definition) is 2. The molecule has 2 rings (SSSR count). The lowest BCUT2D eigenvalue weighted by Gasteiger charge is -2.38. The topological polar surface area (TPSA) is 46.2 Å². The summed E-state index contributed by atoms with van der Waals surface area (Å²) in [5.41, 5.74) is 7.18. The van der Waals surface area contributed by atoms with Crippen LogP contribution in [0.15, 0.2) is 28.7 Å². The fourth-order valence-electron chi connectivity index (χ4n) is 3.52. The highest BCUT2D eigenvalue weighted by Gasteiger charge is 2.42. The summed E-state index contributed by atoms with van der Waals surface area (Å²) in [7, 11) is 0. The maximum atomic E-state index is 10.9. The number of aliphatic hydroxyl groups excluding tert-OH is 1. The summed E-state index contributed by atoms with van der Waals surface area (Å²) < 4.78 is 1.06. The number of aliphatic hydroxyl groups is 1. The Morgan fingerprint density at radius 1 is 1.26 bits per heavy atom. The zero-order valence-electron chi connectivity index (χ0n) is 11.6. The molecule has 2 nitrogen and oxygen atoms in total. The summed E-state index contributed by atoms with van der Waals surface area (Å²) in [6.07, 6.45) is 5.47. The molecule has 106 valence electrons. The van der Waals surface area contributed by atoms with E-state index in [1.54, 1.807) is 0 Å². The maximum Gasteiger partial charge on any atom is 0.0676 e. The van der Waals surface area contributed by atoms with E-state index < -0.39 is 0 Å². The Morgan fingerprint density at radius 3 is 2.32 bits per heavy atom. The average molecular weight is 326 g/mol. The van der Waals surface area contributed by atoms with E-state index in [2.05, 4.69) is 35.0 Å². The minimum Gasteiger partial charge on any atom is -0.392 e. The van der Waals surface area contributed by atoms with Crippen molar-refractivity contribution in [3.8, 4) is 0 Å². The number of hydrogen-bond donors (Lipinski definition) is 2. The summed E-state index contributed by atoms with van der Waals surface area (Å²) in [5, 5.41) is 10.9. The molecular formula is C16H24BrNO. The first-order valence-electron chi connectivity index (χ1n) is 7.26. The summed E-state index contributed by atoms with van der Waals surface area (Å²) in [6.45, 7) is 2.70. The third-order valence-corrected chi connectivity index (χ3v) is 5.39. The lowest BCUT2D eigenvalue weighted by Crippen LogP contribution is -2.40. The van der Waals surface area contributed by atoms with Gasteiger partial charge in [0.25, 0.3) is 0 Å². The minimum atomic E-state index is -0.328. The molecule has 2 atom stereocenters. The molecule has 1 saturated carbocycles. The van der Waals surface area contributed by atoms with Crippen LogP contribution >= 0.6 is 15.9 Å². The Balaban J connectivity index is 2.23. The first-order valence-corrected chi connectivity index (χ1v) is 8.06. The van der Waals surface area contributed by atoms with E-state index in [1.165, 1.54) is 12.8 Å². The van der Waals surface area contributed by atoms with Crippen LogP contribution in [0.3, 0.4) is 0 Å². The molecule has 1 aromatic rings. The second kappa shape index (κ2) is 6.38. The Kier molecular flexibility index (Phi) is 5.04. The molecule has 1 aromatic carbocycles. The monoisotopic (exact) mass is 325 g/mol. The molecule has 0 bridgehead atoms. The predicted molar refractivity (Wildman–Crippen MR) is 83.1 cm³/mol. The van der Waals surface area contributed by atoms with Crippen molar-refractivity contribution in [2.24, 2.45) is 11.1 Å². The SMILES string of the molecule is CCC1(C(O)C(CN)c2ccc(Br)cc2)CCCC1. The van der Waals surface area contributed by atoms with Crippen LogP contribution in [-0.2, 0) is 0 Å². The fourth-order valence-corrected chi connectivity index (χ4v) is 3.79. The number of rotatable bonds is 5. The maximum absolute atomic E-state index is 10.9. The highest BCUT2D eigenvalue weighted by molar-refractivity contribution is 9.10. The number of halogens is 1. The van der Waals surface area contributed by atoms with Crippen molar-refractivity contribution in [3.05, 3.63) is 34.3 Å². The van der Waals surface area contributed by atoms with E-state index in [0.717, 1.165) is 29.3 Å². The Bertz CT molecular complexity index is 398. The Labute approximate surface area is 124 Å². The molecule has 1 aliphatic rings. The molecule has 0 heterocycles. The molecule has 2 unspecified atom stereocenters. The van der Waals surface area contributed by atoms with Gasteiger partial charge in [-0.15, -0.1) is 0 Å². The summed E-state index contributed by atoms with van der Waals surface area (Å²) >= 11 is 3.45. The number of nitrogens with two attached hydrogens (primary N) is 1. The van der Waals surface area contributed by atoms with Gasteiger partial charge in [-0.3, -0.25) is 0 Å². The van der Waals surface area contributed by atoms with Crippen LogP contribution in [0.1, 0.15) is 50.5 Å². The second-order valence-electron chi connectivity index (χ2n) is 5.76. The van der Waals surface area contributed by atoms with Crippen LogP contribution in [0.2, 0.25) is 0 Å². The first-order chi connectivity index (χ1) is 9.13. The van der Waals surface area contributed by atoms with Crippen LogP contribution in [-0.4, -0.2) is 17.8 Å². The van der Waals surface area contributed by atoms with Gasteiger partial charge in [0, 0.05) is 16.9 Å². The van der Waals surface area contributed by atoms with Crippen molar-refractivity contribution in [1.82, 2.24) is 0 Å². The molecule has 0 aromatic heterocycles. The molecule has 3 N–H and O–H groups in total. The lowest BCUT2D eigenvalue weighted by atomic mass is 9.71. The normalized spacial score (nSPS) is 21.3. The third kappa shape index (κ3) is 3.04. The Hall–Kier alpha value is -0.380. The molecule has 1 aliphatic carbocycles. The van der Waals surface area contributed by atoms with Crippen molar-refractivity contribution in [3.63, 3.8) is 0 Å². The van der Waals surface area contributed by atoms with Crippen molar-refractivity contribution < 1.29 is 5.11 Å². The molecular weight excluding hydrogens is 302 g/mol. The lowest BCUT2D eigenvalue weighted by molar-refractivity contribution is 0.00601. The van der Waals surface area contributed by atoms with Gasteiger partial charge in [-0.1, -0.05) is 47.8 Å². The van der Waals surface area contributed by atoms with Crippen LogP contribution in [0.25, 0.3) is 0 Å². The molecule has 0 amide bonds. The highest BCUT2D eigenvalue weighted by Crippen LogP contribution is 2.47. The van der Waals surface area contributed by atoms with E-state index in [9.17, 15) is 5.11 Å². The Morgan fingerprint density at radius 2 is 1.84 bits per heavy atom. The summed E-state index contributed by atoms with van der Waals surface area (Å²) in [6, 6.07) is 8.20. The third-order valence-electron chi connectivity index (χ3n) is 4.86. The summed E-state index contributed by atoms with van der Waals surface area (Å²) in [4.78, 5) is 0. The molecule has 1 fully saturated rings. The predicted octanol–water partition coefficient (Wildman–Crippen LogP) is 3.82. The molecule has 0 saturated heterocycles. The van der Waals surface area contributed by atoms with Crippen LogP contribution in [0.4, 0.5) is 0 Å². The smallest absolute Gasteiger partial charge is 0.0676 e. The highest BCUT2D eigenvalue weighted by atomic mass is 79.9. The fraction of sp³-hybridized carbons (Fsp3) is 0.625. The van der Waals surface area contributed by atoms with Gasteiger partial charge in [-0.25, -0.2) is 0 Å². The van der Waals surface area contributed by atoms with Crippen molar-refractivity contribution in [1.29, 1.82) is 0 Å². The molecule has 0 radical (unpaired) electrons. The number of benzene rings is 1. The average Bonchev–Trinajstić information content (AvgIpc) is 2.91. The van der Waals surface area contributed by atoms with Gasteiger partial charge < -0.3 is 10.8 Å². The molecule has 19 heavy (non-hydrogen) atoms. The van der Waals surface area contributed by atoms with E-state index >= 15 is 0 Å². The van der Waals surface area contributed by atoms with Crippen LogP contribution in [0, 0.1) is 5.41 Å². The largest absolute Gasteiger partial charge is 0.392 e. The minimum absolute atomic E-state index is 0.0474. The van der Waals surface area contributed by atoms with Gasteiger partial charge in [-0.2, -0.15) is 0 Å². The molecule has 0 spiro atoms. The second-order valence-corrected chi connectivity index (χ2v) is 6.68. The van der Waals surface area contributed by atoms with Gasteiger partial charge in [-0.05, 0) is 42.4 Å². The zero-order chi connectivity index (χ0) is 13.9. The van der Waals surface area contributed by atoms with Gasteiger partial charge in [0.05, 0.1) is 6.10 Å². The quantitative estimate of drug-likeness (QED) is 0.864. The molecule has 3 heteroatoms. The van der Waals surface area contributed by atoms with Gasteiger partial charge in [0.1, 0.15) is 0 Å². The van der Waals surface area contributed by atoms with Crippen LogP contribution in [0.5, 0.6) is 0 Å². The van der Waals surface area contributed by atoms with Gasteiger partial charge in [0.2, 0.25) is 0 Å². The first kappa shape index (κ1) is 15.0. The van der Waals surface area contributed by atoms with Crippen molar-refractivity contribution in [2.75, 3.05) is 6.54 Å². The van der Waals surface area contributed by atoms with E-state index in [1.807, 2.05) is 12.1 Å². The zero-order valence-corrected chi connectivity index (χ0v) is 13.2. The molecule has 0 aliphatic heterocycles. The van der Waals surface area contributed by atoms with E-state index in [-0.39, 0.29) is 17.4 Å². The van der Waals surface area contributed by atoms with Crippen molar-refractivity contribution in [2.45, 2.75) is 51.0 Å². The van der Waals surface area contributed by atoms with E-state index in [4.69, 9.17) is 5.73 Å². The van der Waals surface area contributed by atoms with Gasteiger partial charge >= 0.3 is 0 Å².